The van der Waals surface area contributed by atoms with Crippen molar-refractivity contribution in [3.8, 4) is 6.07 Å². The fourth-order valence-corrected chi connectivity index (χ4v) is 3.64. The van der Waals surface area contributed by atoms with Crippen LogP contribution in [0.4, 0.5) is 0 Å². The first kappa shape index (κ1) is 17.9. The lowest BCUT2D eigenvalue weighted by Crippen LogP contribution is -2.49. The predicted molar refractivity (Wildman–Crippen MR) is 94.8 cm³/mol. The van der Waals surface area contributed by atoms with Gasteiger partial charge in [0.15, 0.2) is 0 Å². The smallest absolute Gasteiger partial charge is 0.248 e. The number of nitriles is 1. The van der Waals surface area contributed by atoms with Gasteiger partial charge in [-0.05, 0) is 24.1 Å². The van der Waals surface area contributed by atoms with Gasteiger partial charge in [-0.3, -0.25) is 14.6 Å². The van der Waals surface area contributed by atoms with E-state index in [0.717, 1.165) is 44.7 Å². The lowest BCUT2D eigenvalue weighted by Gasteiger charge is -2.37. The lowest BCUT2D eigenvalue weighted by molar-refractivity contribution is -0.135. The van der Waals surface area contributed by atoms with Gasteiger partial charge in [0.25, 0.3) is 0 Å². The third kappa shape index (κ3) is 4.57. The van der Waals surface area contributed by atoms with Gasteiger partial charge < -0.3 is 9.64 Å². The van der Waals surface area contributed by atoms with Crippen molar-refractivity contribution in [2.75, 3.05) is 46.9 Å². The molecule has 6 heteroatoms. The first-order valence-electron chi connectivity index (χ1n) is 8.82. The molecule has 0 aromatic heterocycles. The van der Waals surface area contributed by atoms with Crippen LogP contribution in [0.5, 0.6) is 0 Å². The van der Waals surface area contributed by atoms with Crippen molar-refractivity contribution in [1.82, 2.24) is 14.7 Å². The maximum absolute atomic E-state index is 11.7. The number of nitrogens with zero attached hydrogens (tertiary/aromatic N) is 4. The number of carbonyl (C=O) groups excluding carboxylic acids is 1. The van der Waals surface area contributed by atoms with Gasteiger partial charge in [0.1, 0.15) is 6.61 Å². The van der Waals surface area contributed by atoms with Crippen LogP contribution in [0.2, 0.25) is 0 Å². The molecule has 0 bridgehead atoms. The van der Waals surface area contributed by atoms with Crippen molar-refractivity contribution in [2.45, 2.75) is 25.1 Å². The molecule has 1 aromatic rings. The van der Waals surface area contributed by atoms with Gasteiger partial charge in [-0.15, -0.1) is 0 Å². The molecule has 0 aliphatic carbocycles. The SMILES string of the molecule is CN(C)C(=O)CO[C@@H]1C[C@H]2CN(Cc3cccc(C#N)c3)CCN2C1. The number of ether oxygens (including phenoxy) is 1. The van der Waals surface area contributed by atoms with E-state index in [-0.39, 0.29) is 18.6 Å². The summed E-state index contributed by atoms with van der Waals surface area (Å²) in [6, 6.07) is 10.5. The zero-order valence-corrected chi connectivity index (χ0v) is 15.0. The molecule has 2 fully saturated rings. The minimum atomic E-state index is 0.0175. The van der Waals surface area contributed by atoms with Crippen molar-refractivity contribution in [3.63, 3.8) is 0 Å². The molecule has 2 saturated heterocycles. The zero-order valence-electron chi connectivity index (χ0n) is 15.0. The molecule has 1 amide bonds. The van der Waals surface area contributed by atoms with Gasteiger partial charge in [0.2, 0.25) is 5.91 Å². The third-order valence-electron chi connectivity index (χ3n) is 5.07. The Bertz CT molecular complexity index is 655. The van der Waals surface area contributed by atoms with E-state index in [1.54, 1.807) is 19.0 Å². The highest BCUT2D eigenvalue weighted by molar-refractivity contribution is 5.76. The maximum Gasteiger partial charge on any atom is 0.248 e. The van der Waals surface area contributed by atoms with Crippen LogP contribution in [0.1, 0.15) is 17.5 Å². The number of benzene rings is 1. The van der Waals surface area contributed by atoms with Gasteiger partial charge in [-0.2, -0.15) is 5.26 Å². The van der Waals surface area contributed by atoms with Gasteiger partial charge >= 0.3 is 0 Å². The number of fused-ring (bicyclic) bond motifs is 1. The van der Waals surface area contributed by atoms with E-state index in [0.29, 0.717) is 6.04 Å². The maximum atomic E-state index is 11.7. The second-order valence-electron chi connectivity index (χ2n) is 7.15. The first-order valence-corrected chi connectivity index (χ1v) is 8.82. The Morgan fingerprint density at radius 3 is 2.96 bits per heavy atom. The van der Waals surface area contributed by atoms with Gasteiger partial charge in [-0.1, -0.05) is 12.1 Å². The van der Waals surface area contributed by atoms with Crippen LogP contribution in [0, 0.1) is 11.3 Å². The number of hydrogen-bond donors (Lipinski definition) is 0. The summed E-state index contributed by atoms with van der Waals surface area (Å²) in [7, 11) is 3.51. The van der Waals surface area contributed by atoms with E-state index in [9.17, 15) is 4.79 Å². The molecule has 6 nitrogen and oxygen atoms in total. The average molecular weight is 342 g/mol. The number of likely N-dealkylation sites (N-methyl/N-ethyl adjacent to an activating group) is 1. The fourth-order valence-electron chi connectivity index (χ4n) is 3.64. The van der Waals surface area contributed by atoms with Crippen LogP contribution in [0.3, 0.4) is 0 Å². The quantitative estimate of drug-likeness (QED) is 0.796. The van der Waals surface area contributed by atoms with E-state index >= 15 is 0 Å². The number of hydrogen-bond acceptors (Lipinski definition) is 5. The van der Waals surface area contributed by atoms with Crippen molar-refractivity contribution in [1.29, 1.82) is 5.26 Å². The number of rotatable bonds is 5. The molecule has 134 valence electrons. The summed E-state index contributed by atoms with van der Waals surface area (Å²) >= 11 is 0. The molecule has 2 aliphatic heterocycles. The van der Waals surface area contributed by atoms with E-state index < -0.39 is 0 Å². The van der Waals surface area contributed by atoms with Gasteiger partial charge in [-0.25, -0.2) is 0 Å². The summed E-state index contributed by atoms with van der Waals surface area (Å²) in [6.07, 6.45) is 1.13. The topological polar surface area (TPSA) is 59.8 Å². The van der Waals surface area contributed by atoms with E-state index in [1.165, 1.54) is 5.56 Å². The van der Waals surface area contributed by atoms with Crippen LogP contribution in [-0.4, -0.2) is 79.6 Å². The van der Waals surface area contributed by atoms with Crippen LogP contribution in [0.15, 0.2) is 24.3 Å². The minimum absolute atomic E-state index is 0.0175. The summed E-state index contributed by atoms with van der Waals surface area (Å²) in [5.41, 5.74) is 1.91. The molecular formula is C19H26N4O2. The minimum Gasteiger partial charge on any atom is -0.367 e. The Morgan fingerprint density at radius 2 is 2.20 bits per heavy atom. The Kier molecular flexibility index (Phi) is 5.69. The van der Waals surface area contributed by atoms with Crippen molar-refractivity contribution < 1.29 is 9.53 Å². The third-order valence-corrected chi connectivity index (χ3v) is 5.07. The van der Waals surface area contributed by atoms with Crippen LogP contribution >= 0.6 is 0 Å². The monoisotopic (exact) mass is 342 g/mol. The second kappa shape index (κ2) is 7.96. The molecular weight excluding hydrogens is 316 g/mol. The molecule has 2 aliphatic rings. The Balaban J connectivity index is 1.50. The van der Waals surface area contributed by atoms with Crippen LogP contribution in [0.25, 0.3) is 0 Å². The number of carbonyl (C=O) groups is 1. The van der Waals surface area contributed by atoms with Gasteiger partial charge in [0, 0.05) is 52.9 Å². The Hall–Kier alpha value is -1.94. The summed E-state index contributed by atoms with van der Waals surface area (Å²) in [6.45, 7) is 5.04. The predicted octanol–water partition coefficient (Wildman–Crippen LogP) is 0.922. The Morgan fingerprint density at radius 1 is 1.36 bits per heavy atom. The summed E-state index contributed by atoms with van der Waals surface area (Å²) in [4.78, 5) is 18.2. The lowest BCUT2D eigenvalue weighted by atomic mass is 10.1. The molecule has 2 heterocycles. The number of piperazine rings is 1. The van der Waals surface area contributed by atoms with E-state index in [2.05, 4.69) is 21.9 Å². The Labute approximate surface area is 149 Å². The molecule has 3 rings (SSSR count). The molecule has 1 aromatic carbocycles. The van der Waals surface area contributed by atoms with Crippen LogP contribution in [-0.2, 0) is 16.1 Å². The van der Waals surface area contributed by atoms with Crippen molar-refractivity contribution >= 4 is 5.91 Å². The summed E-state index contributed by atoms with van der Waals surface area (Å²) < 4.78 is 5.81. The normalized spacial score (nSPS) is 23.9. The molecule has 0 spiro atoms. The van der Waals surface area contributed by atoms with E-state index in [4.69, 9.17) is 10.00 Å². The number of amides is 1. The average Bonchev–Trinajstić information content (AvgIpc) is 3.01. The summed E-state index contributed by atoms with van der Waals surface area (Å²) in [5, 5.41) is 9.03. The van der Waals surface area contributed by atoms with Gasteiger partial charge in [0.05, 0.1) is 17.7 Å². The molecule has 25 heavy (non-hydrogen) atoms. The van der Waals surface area contributed by atoms with Crippen LogP contribution < -0.4 is 0 Å². The zero-order chi connectivity index (χ0) is 17.8. The van der Waals surface area contributed by atoms with Crippen molar-refractivity contribution in [2.24, 2.45) is 0 Å². The fraction of sp³-hybridized carbons (Fsp3) is 0.579. The molecule has 0 radical (unpaired) electrons. The van der Waals surface area contributed by atoms with E-state index in [1.807, 2.05) is 18.2 Å². The highest BCUT2D eigenvalue weighted by Gasteiger charge is 2.36. The molecule has 2 atom stereocenters. The first-order chi connectivity index (χ1) is 12.0. The second-order valence-corrected chi connectivity index (χ2v) is 7.15. The highest BCUT2D eigenvalue weighted by atomic mass is 16.5. The molecule has 0 N–H and O–H groups in total. The highest BCUT2D eigenvalue weighted by Crippen LogP contribution is 2.25. The van der Waals surface area contributed by atoms with Crippen molar-refractivity contribution in [3.05, 3.63) is 35.4 Å². The summed E-state index contributed by atoms with van der Waals surface area (Å²) in [5.74, 6) is 0.0175. The molecule has 0 unspecified atom stereocenters. The standard InChI is InChI=1S/C19H26N4O2/c1-21(2)19(24)14-25-18-9-17-12-22(6-7-23(17)13-18)11-16-5-3-4-15(8-16)10-20/h3-5,8,17-18H,6-7,9,11-14H2,1-2H3/t17-,18+/m0/s1. The largest absolute Gasteiger partial charge is 0.367 e. The molecule has 0 saturated carbocycles.